The Labute approximate surface area is 105 Å². The molecule has 0 aliphatic heterocycles. The van der Waals surface area contributed by atoms with Crippen molar-refractivity contribution in [3.63, 3.8) is 0 Å². The van der Waals surface area contributed by atoms with Crippen LogP contribution in [-0.4, -0.2) is 15.0 Å². The summed E-state index contributed by atoms with van der Waals surface area (Å²) in [6.45, 7) is 1.92. The Hall–Kier alpha value is -2.49. The highest BCUT2D eigenvalue weighted by atomic mass is 15.0. The molecule has 4 heteroatoms. The van der Waals surface area contributed by atoms with Gasteiger partial charge in [-0.2, -0.15) is 0 Å². The van der Waals surface area contributed by atoms with Crippen LogP contribution in [0.4, 0.5) is 11.5 Å². The van der Waals surface area contributed by atoms with Crippen LogP contribution in [0.15, 0.2) is 48.9 Å². The minimum absolute atomic E-state index is 0.742. The monoisotopic (exact) mass is 236 g/mol. The van der Waals surface area contributed by atoms with E-state index in [0.717, 1.165) is 28.1 Å². The first-order valence-electron chi connectivity index (χ1n) is 5.72. The Kier molecular flexibility index (Phi) is 2.61. The second-order valence-electron chi connectivity index (χ2n) is 4.05. The average molecular weight is 236 g/mol. The third kappa shape index (κ3) is 2.00. The lowest BCUT2D eigenvalue weighted by Gasteiger charge is -2.08. The molecular weight excluding hydrogens is 224 g/mol. The molecule has 2 heterocycles. The summed E-state index contributed by atoms with van der Waals surface area (Å²) in [6.07, 6.45) is 5.23. The smallest absolute Gasteiger partial charge is 0.149 e. The minimum Gasteiger partial charge on any atom is -0.338 e. The number of aryl methyl sites for hydroxylation is 1. The molecule has 0 aliphatic rings. The Morgan fingerprint density at radius 2 is 2.00 bits per heavy atom. The van der Waals surface area contributed by atoms with Gasteiger partial charge >= 0.3 is 0 Å². The van der Waals surface area contributed by atoms with Crippen molar-refractivity contribution in [2.75, 3.05) is 5.32 Å². The summed E-state index contributed by atoms with van der Waals surface area (Å²) in [5.41, 5.74) is 2.84. The predicted molar refractivity (Wildman–Crippen MR) is 71.8 cm³/mol. The molecule has 88 valence electrons. The van der Waals surface area contributed by atoms with Crippen LogP contribution in [-0.2, 0) is 0 Å². The van der Waals surface area contributed by atoms with Crippen LogP contribution in [0.5, 0.6) is 0 Å². The lowest BCUT2D eigenvalue weighted by atomic mass is 10.2. The second-order valence-corrected chi connectivity index (χ2v) is 4.05. The third-order valence-electron chi connectivity index (χ3n) is 2.66. The van der Waals surface area contributed by atoms with Crippen LogP contribution in [0.2, 0.25) is 0 Å². The van der Waals surface area contributed by atoms with Crippen LogP contribution < -0.4 is 5.32 Å². The zero-order valence-electron chi connectivity index (χ0n) is 9.96. The number of fused-ring (bicyclic) bond motifs is 1. The fourth-order valence-corrected chi connectivity index (χ4v) is 1.87. The Bertz CT molecular complexity index is 689. The molecule has 1 N–H and O–H groups in total. The van der Waals surface area contributed by atoms with Gasteiger partial charge in [0.25, 0.3) is 0 Å². The average Bonchev–Trinajstić information content (AvgIpc) is 2.39. The van der Waals surface area contributed by atoms with Gasteiger partial charge in [-0.3, -0.25) is 9.97 Å². The zero-order valence-corrected chi connectivity index (χ0v) is 9.96. The van der Waals surface area contributed by atoms with Crippen molar-refractivity contribution >= 4 is 22.4 Å². The molecule has 0 saturated heterocycles. The lowest BCUT2D eigenvalue weighted by molar-refractivity contribution is 1.12. The normalized spacial score (nSPS) is 10.5. The van der Waals surface area contributed by atoms with Gasteiger partial charge in [-0.05, 0) is 31.2 Å². The van der Waals surface area contributed by atoms with Crippen LogP contribution in [0.3, 0.4) is 0 Å². The van der Waals surface area contributed by atoms with Gasteiger partial charge in [0.05, 0.1) is 17.4 Å². The number of hydrogen-bond acceptors (Lipinski definition) is 4. The molecule has 0 amide bonds. The highest BCUT2D eigenvalue weighted by molar-refractivity contribution is 5.92. The van der Waals surface area contributed by atoms with E-state index >= 15 is 0 Å². The molecular formula is C14H12N4. The number of nitrogens with zero attached hydrogens (tertiary/aromatic N) is 3. The van der Waals surface area contributed by atoms with Gasteiger partial charge in [0.2, 0.25) is 0 Å². The SMILES string of the molecule is Cc1cncc(Nc2cccc3ncccc23)n1. The number of rotatable bonds is 2. The summed E-state index contributed by atoms with van der Waals surface area (Å²) < 4.78 is 0. The van der Waals surface area contributed by atoms with Gasteiger partial charge in [0.15, 0.2) is 0 Å². The van der Waals surface area contributed by atoms with E-state index in [1.165, 1.54) is 0 Å². The maximum absolute atomic E-state index is 4.38. The molecule has 3 aromatic rings. The van der Waals surface area contributed by atoms with Crippen LogP contribution >= 0.6 is 0 Å². The fourth-order valence-electron chi connectivity index (χ4n) is 1.87. The molecule has 0 bridgehead atoms. The first-order chi connectivity index (χ1) is 8.83. The molecule has 0 fully saturated rings. The van der Waals surface area contributed by atoms with E-state index in [2.05, 4.69) is 20.3 Å². The quantitative estimate of drug-likeness (QED) is 0.742. The van der Waals surface area contributed by atoms with E-state index < -0.39 is 0 Å². The van der Waals surface area contributed by atoms with Crippen molar-refractivity contribution in [2.24, 2.45) is 0 Å². The molecule has 2 aromatic heterocycles. The fraction of sp³-hybridized carbons (Fsp3) is 0.0714. The molecule has 0 aliphatic carbocycles. The largest absolute Gasteiger partial charge is 0.338 e. The van der Waals surface area contributed by atoms with E-state index in [-0.39, 0.29) is 0 Å². The van der Waals surface area contributed by atoms with Crippen molar-refractivity contribution in [3.8, 4) is 0 Å². The van der Waals surface area contributed by atoms with Crippen molar-refractivity contribution < 1.29 is 0 Å². The third-order valence-corrected chi connectivity index (χ3v) is 2.66. The number of anilines is 2. The van der Waals surface area contributed by atoms with Gasteiger partial charge in [-0.15, -0.1) is 0 Å². The van der Waals surface area contributed by atoms with Gasteiger partial charge in [0.1, 0.15) is 5.82 Å². The summed E-state index contributed by atoms with van der Waals surface area (Å²) in [7, 11) is 0. The van der Waals surface area contributed by atoms with Gasteiger partial charge in [0, 0.05) is 23.5 Å². The molecule has 0 atom stereocenters. The highest BCUT2D eigenvalue weighted by Crippen LogP contribution is 2.23. The molecule has 0 spiro atoms. The van der Waals surface area contributed by atoms with E-state index in [1.807, 2.05) is 37.3 Å². The molecule has 0 radical (unpaired) electrons. The number of aromatic nitrogens is 3. The molecule has 18 heavy (non-hydrogen) atoms. The summed E-state index contributed by atoms with van der Waals surface area (Å²) in [6, 6.07) is 9.93. The van der Waals surface area contributed by atoms with Gasteiger partial charge < -0.3 is 5.32 Å². The Morgan fingerprint density at radius 3 is 2.89 bits per heavy atom. The van der Waals surface area contributed by atoms with E-state index in [0.29, 0.717) is 0 Å². The number of hydrogen-bond donors (Lipinski definition) is 1. The van der Waals surface area contributed by atoms with Gasteiger partial charge in [-0.1, -0.05) is 6.07 Å². The Morgan fingerprint density at radius 1 is 1.06 bits per heavy atom. The van der Waals surface area contributed by atoms with Crippen molar-refractivity contribution in [1.82, 2.24) is 15.0 Å². The standard InChI is InChI=1S/C14H12N4/c1-10-8-15-9-14(17-10)18-13-6-2-5-12-11(13)4-3-7-16-12/h2-9H,1H3,(H,17,18). The number of benzene rings is 1. The summed E-state index contributed by atoms with van der Waals surface area (Å²) in [5, 5.41) is 4.35. The first-order valence-corrected chi connectivity index (χ1v) is 5.72. The molecule has 4 nitrogen and oxygen atoms in total. The molecule has 0 unspecified atom stereocenters. The van der Waals surface area contributed by atoms with E-state index in [4.69, 9.17) is 0 Å². The first kappa shape index (κ1) is 10.7. The number of pyridine rings is 1. The van der Waals surface area contributed by atoms with Crippen molar-refractivity contribution in [2.45, 2.75) is 6.92 Å². The predicted octanol–water partition coefficient (Wildman–Crippen LogP) is 3.08. The highest BCUT2D eigenvalue weighted by Gasteiger charge is 2.02. The molecule has 1 aromatic carbocycles. The van der Waals surface area contributed by atoms with E-state index in [9.17, 15) is 0 Å². The topological polar surface area (TPSA) is 50.7 Å². The zero-order chi connectivity index (χ0) is 12.4. The van der Waals surface area contributed by atoms with E-state index in [1.54, 1.807) is 18.6 Å². The van der Waals surface area contributed by atoms with Crippen LogP contribution in [0.1, 0.15) is 5.69 Å². The Balaban J connectivity index is 2.05. The summed E-state index contributed by atoms with van der Waals surface area (Å²) in [4.78, 5) is 12.8. The maximum Gasteiger partial charge on any atom is 0.149 e. The van der Waals surface area contributed by atoms with Crippen LogP contribution in [0, 0.1) is 6.92 Å². The van der Waals surface area contributed by atoms with Crippen molar-refractivity contribution in [3.05, 3.63) is 54.6 Å². The number of nitrogens with one attached hydrogen (secondary N) is 1. The van der Waals surface area contributed by atoms with Crippen LogP contribution in [0.25, 0.3) is 10.9 Å². The minimum atomic E-state index is 0.742. The molecule has 3 rings (SSSR count). The van der Waals surface area contributed by atoms with Gasteiger partial charge in [-0.25, -0.2) is 4.98 Å². The van der Waals surface area contributed by atoms with Crippen molar-refractivity contribution in [1.29, 1.82) is 0 Å². The lowest BCUT2D eigenvalue weighted by Crippen LogP contribution is -1.96. The summed E-state index contributed by atoms with van der Waals surface area (Å²) >= 11 is 0. The summed E-state index contributed by atoms with van der Waals surface area (Å²) in [5.74, 6) is 0.742. The second kappa shape index (κ2) is 4.41. The maximum atomic E-state index is 4.38. The molecule has 0 saturated carbocycles.